The Morgan fingerprint density at radius 1 is 1.07 bits per heavy atom. The molecule has 2 aromatic heterocycles. The van der Waals surface area contributed by atoms with Crippen molar-refractivity contribution in [3.63, 3.8) is 0 Å². The van der Waals surface area contributed by atoms with E-state index < -0.39 is 0 Å². The first-order chi connectivity index (χ1) is 13.8. The van der Waals surface area contributed by atoms with E-state index in [0.29, 0.717) is 0 Å². The first-order valence-electron chi connectivity index (χ1n) is 9.96. The second kappa shape index (κ2) is 8.91. The van der Waals surface area contributed by atoms with Crippen LogP contribution in [0.2, 0.25) is 0 Å². The van der Waals surface area contributed by atoms with Crippen LogP contribution in [-0.4, -0.2) is 30.8 Å². The van der Waals surface area contributed by atoms with E-state index in [1.807, 2.05) is 43.3 Å². The highest BCUT2D eigenvalue weighted by Crippen LogP contribution is 2.29. The minimum atomic E-state index is -0.249. The summed E-state index contributed by atoms with van der Waals surface area (Å²) in [4.78, 5) is 17.0. The minimum absolute atomic E-state index is 0.0713. The van der Waals surface area contributed by atoms with Gasteiger partial charge in [-0.3, -0.25) is 9.78 Å². The van der Waals surface area contributed by atoms with Crippen molar-refractivity contribution in [2.75, 3.05) is 0 Å². The maximum atomic E-state index is 13.0. The summed E-state index contributed by atoms with van der Waals surface area (Å²) < 4.78 is 2.09. The van der Waals surface area contributed by atoms with Crippen molar-refractivity contribution in [1.82, 2.24) is 19.7 Å². The van der Waals surface area contributed by atoms with Crippen molar-refractivity contribution in [3.8, 4) is 11.4 Å². The third-order valence-electron chi connectivity index (χ3n) is 4.79. The molecule has 0 fully saturated rings. The van der Waals surface area contributed by atoms with Crippen LogP contribution in [0.15, 0.2) is 53.9 Å². The van der Waals surface area contributed by atoms with Gasteiger partial charge in [0.2, 0.25) is 0 Å². The van der Waals surface area contributed by atoms with E-state index in [0.717, 1.165) is 35.1 Å². The largest absolute Gasteiger partial charge is 0.302 e. The zero-order valence-corrected chi connectivity index (χ0v) is 18.5. The number of thioether (sulfide) groups is 1. The van der Waals surface area contributed by atoms with Gasteiger partial charge in [0.25, 0.3) is 0 Å². The molecule has 0 spiro atoms. The molecule has 1 aromatic carbocycles. The van der Waals surface area contributed by atoms with Gasteiger partial charge in [0.15, 0.2) is 16.8 Å². The molecule has 152 valence electrons. The fourth-order valence-corrected chi connectivity index (χ4v) is 4.05. The summed E-state index contributed by atoms with van der Waals surface area (Å²) in [5.74, 6) is 0.915. The Balaban J connectivity index is 1.80. The summed E-state index contributed by atoms with van der Waals surface area (Å²) in [5.41, 5.74) is 3.00. The fraction of sp³-hybridized carbons (Fsp3) is 0.391. The molecule has 3 aromatic rings. The maximum absolute atomic E-state index is 13.0. The summed E-state index contributed by atoms with van der Waals surface area (Å²) in [6, 6.07) is 11.8. The molecule has 1 atom stereocenters. The number of hydrogen-bond acceptors (Lipinski definition) is 5. The van der Waals surface area contributed by atoms with E-state index in [2.05, 4.69) is 47.4 Å². The van der Waals surface area contributed by atoms with Gasteiger partial charge < -0.3 is 4.57 Å². The van der Waals surface area contributed by atoms with E-state index in [1.165, 1.54) is 17.3 Å². The summed E-state index contributed by atoms with van der Waals surface area (Å²) in [6.07, 6.45) is 4.46. The number of rotatable bonds is 7. The van der Waals surface area contributed by atoms with Gasteiger partial charge in [0, 0.05) is 30.1 Å². The number of Topliss-reactive ketones (excluding diaryl/α,β-unsaturated/α-hetero) is 1. The second-order valence-corrected chi connectivity index (χ2v) is 9.45. The number of aromatic nitrogens is 4. The number of hydrogen-bond donors (Lipinski definition) is 0. The van der Waals surface area contributed by atoms with E-state index in [4.69, 9.17) is 0 Å². The van der Waals surface area contributed by atoms with Crippen LogP contribution in [0.1, 0.15) is 57.0 Å². The number of benzene rings is 1. The van der Waals surface area contributed by atoms with E-state index >= 15 is 0 Å². The lowest BCUT2D eigenvalue weighted by Gasteiger charge is -2.19. The van der Waals surface area contributed by atoms with Crippen LogP contribution in [0.5, 0.6) is 0 Å². The molecule has 0 aliphatic rings. The Hall–Kier alpha value is -2.47. The van der Waals surface area contributed by atoms with Crippen molar-refractivity contribution in [2.45, 2.75) is 63.4 Å². The van der Waals surface area contributed by atoms with Gasteiger partial charge in [-0.25, -0.2) is 0 Å². The van der Waals surface area contributed by atoms with Gasteiger partial charge in [-0.2, -0.15) is 0 Å². The molecule has 0 N–H and O–H groups in total. The van der Waals surface area contributed by atoms with Crippen LogP contribution in [0, 0.1) is 0 Å². The third-order valence-corrected chi connectivity index (χ3v) is 5.87. The number of pyridine rings is 1. The van der Waals surface area contributed by atoms with Crippen LogP contribution in [-0.2, 0) is 12.0 Å². The van der Waals surface area contributed by atoms with Crippen LogP contribution < -0.4 is 0 Å². The topological polar surface area (TPSA) is 60.7 Å². The van der Waals surface area contributed by atoms with Crippen molar-refractivity contribution in [1.29, 1.82) is 0 Å². The van der Waals surface area contributed by atoms with Crippen molar-refractivity contribution in [3.05, 3.63) is 59.9 Å². The molecule has 1 unspecified atom stereocenters. The Kier molecular flexibility index (Phi) is 6.52. The minimum Gasteiger partial charge on any atom is -0.302 e. The Morgan fingerprint density at radius 3 is 2.31 bits per heavy atom. The molecular weight excluding hydrogens is 380 g/mol. The predicted octanol–water partition coefficient (Wildman–Crippen LogP) is 5.41. The molecule has 0 saturated carbocycles. The van der Waals surface area contributed by atoms with Crippen LogP contribution in [0.4, 0.5) is 0 Å². The summed E-state index contributed by atoms with van der Waals surface area (Å²) in [6.45, 7) is 11.4. The van der Waals surface area contributed by atoms with Crippen molar-refractivity contribution in [2.24, 2.45) is 0 Å². The zero-order valence-electron chi connectivity index (χ0n) is 17.7. The molecule has 0 aliphatic carbocycles. The third kappa shape index (κ3) is 4.93. The van der Waals surface area contributed by atoms with E-state index in [-0.39, 0.29) is 16.4 Å². The average Bonchev–Trinajstić information content (AvgIpc) is 3.10. The van der Waals surface area contributed by atoms with Crippen LogP contribution >= 0.6 is 11.8 Å². The van der Waals surface area contributed by atoms with Gasteiger partial charge in [-0.05, 0) is 36.5 Å². The average molecular weight is 409 g/mol. The lowest BCUT2D eigenvalue weighted by molar-refractivity contribution is 0.0993. The molecule has 0 amide bonds. The molecule has 0 bridgehead atoms. The van der Waals surface area contributed by atoms with E-state index in [1.54, 1.807) is 12.4 Å². The first kappa shape index (κ1) is 21.2. The number of nitrogens with zero attached hydrogens (tertiary/aromatic N) is 4. The van der Waals surface area contributed by atoms with Crippen LogP contribution in [0.25, 0.3) is 11.4 Å². The fourth-order valence-electron chi connectivity index (χ4n) is 3.10. The van der Waals surface area contributed by atoms with Gasteiger partial charge in [0.05, 0.1) is 5.25 Å². The number of carbonyl (C=O) groups is 1. The predicted molar refractivity (Wildman–Crippen MR) is 118 cm³/mol. The molecule has 0 saturated heterocycles. The first-order valence-corrected chi connectivity index (χ1v) is 10.8. The van der Waals surface area contributed by atoms with Crippen LogP contribution in [0.3, 0.4) is 0 Å². The highest BCUT2D eigenvalue weighted by molar-refractivity contribution is 8.00. The standard InChI is InChI=1S/C23H28N4OS/c1-6-15-27-21(18-11-13-24-14-12-18)25-26-22(27)29-16(2)20(28)17-7-9-19(10-8-17)23(3,4)5/h7-14,16H,6,15H2,1-5H3. The Morgan fingerprint density at radius 2 is 1.72 bits per heavy atom. The normalized spacial score (nSPS) is 12.7. The molecule has 3 rings (SSSR count). The quantitative estimate of drug-likeness (QED) is 0.386. The van der Waals surface area contributed by atoms with Gasteiger partial charge in [-0.1, -0.05) is 63.7 Å². The SMILES string of the molecule is CCCn1c(SC(C)C(=O)c2ccc(C(C)(C)C)cc2)nnc1-c1ccncc1. The van der Waals surface area contributed by atoms with Crippen molar-refractivity contribution >= 4 is 17.5 Å². The zero-order chi connectivity index (χ0) is 21.0. The van der Waals surface area contributed by atoms with Crippen molar-refractivity contribution < 1.29 is 4.79 Å². The number of carbonyl (C=O) groups excluding carboxylic acids is 1. The molecular formula is C23H28N4OS. The summed E-state index contributed by atoms with van der Waals surface area (Å²) >= 11 is 1.46. The van der Waals surface area contributed by atoms with Gasteiger partial charge >= 0.3 is 0 Å². The lowest BCUT2D eigenvalue weighted by atomic mass is 9.86. The molecule has 5 nitrogen and oxygen atoms in total. The smallest absolute Gasteiger partial charge is 0.192 e. The van der Waals surface area contributed by atoms with Gasteiger partial charge in [-0.15, -0.1) is 10.2 Å². The second-order valence-electron chi connectivity index (χ2n) is 8.15. The molecule has 0 aliphatic heterocycles. The molecule has 29 heavy (non-hydrogen) atoms. The lowest BCUT2D eigenvalue weighted by Crippen LogP contribution is -2.16. The molecule has 0 radical (unpaired) electrons. The monoisotopic (exact) mass is 408 g/mol. The number of ketones is 1. The Labute approximate surface area is 177 Å². The Bertz CT molecular complexity index is 959. The highest BCUT2D eigenvalue weighted by Gasteiger charge is 2.22. The maximum Gasteiger partial charge on any atom is 0.192 e. The summed E-state index contributed by atoms with van der Waals surface area (Å²) in [7, 11) is 0. The molecule has 2 heterocycles. The molecule has 6 heteroatoms. The van der Waals surface area contributed by atoms with E-state index in [9.17, 15) is 4.79 Å². The highest BCUT2D eigenvalue weighted by atomic mass is 32.2. The van der Waals surface area contributed by atoms with Gasteiger partial charge in [0.1, 0.15) is 0 Å². The summed E-state index contributed by atoms with van der Waals surface area (Å²) in [5, 5.41) is 9.28.